The van der Waals surface area contributed by atoms with E-state index in [1.807, 2.05) is 0 Å². The second-order valence-corrected chi connectivity index (χ2v) is 9.57. The Morgan fingerprint density at radius 1 is 1.16 bits per heavy atom. The maximum absolute atomic E-state index is 12.1. The van der Waals surface area contributed by atoms with E-state index in [4.69, 9.17) is 4.74 Å². The molecule has 7 heteroatoms. The van der Waals surface area contributed by atoms with Gasteiger partial charge in [-0.25, -0.2) is 12.7 Å². The highest BCUT2D eigenvalue weighted by Gasteiger charge is 2.28. The molecule has 3 rings (SSSR count). The van der Waals surface area contributed by atoms with Crippen molar-refractivity contribution in [1.82, 2.24) is 9.21 Å². The third kappa shape index (κ3) is 4.82. The van der Waals surface area contributed by atoms with Gasteiger partial charge in [-0.1, -0.05) is 6.07 Å². The van der Waals surface area contributed by atoms with Crippen molar-refractivity contribution in [3.05, 3.63) is 46.7 Å². The van der Waals surface area contributed by atoms with Gasteiger partial charge in [-0.2, -0.15) is 0 Å². The highest BCUT2D eigenvalue weighted by molar-refractivity contribution is 7.89. The lowest BCUT2D eigenvalue weighted by molar-refractivity contribution is 0.196. The predicted molar refractivity (Wildman–Crippen MR) is 101 cm³/mol. The van der Waals surface area contributed by atoms with Crippen LogP contribution in [-0.2, 0) is 16.6 Å². The Morgan fingerprint density at radius 2 is 1.88 bits per heavy atom. The van der Waals surface area contributed by atoms with Gasteiger partial charge in [0.05, 0.1) is 4.90 Å². The normalized spacial score (nSPS) is 15.0. The lowest BCUT2D eigenvalue weighted by Gasteiger charge is -2.21. The van der Waals surface area contributed by atoms with E-state index in [2.05, 4.69) is 22.4 Å². The van der Waals surface area contributed by atoms with Crippen LogP contribution in [0.1, 0.15) is 17.7 Å². The molecular weight excluding hydrogens is 356 g/mol. The van der Waals surface area contributed by atoms with Gasteiger partial charge in [0, 0.05) is 38.1 Å². The predicted octanol–water partition coefficient (Wildman–Crippen LogP) is 3.04. The van der Waals surface area contributed by atoms with Gasteiger partial charge in [-0.3, -0.25) is 4.90 Å². The fourth-order valence-electron chi connectivity index (χ4n) is 2.63. The second kappa shape index (κ2) is 7.86. The molecule has 0 bridgehead atoms. The number of ether oxygens (including phenoxy) is 1. The molecule has 1 aromatic carbocycles. The van der Waals surface area contributed by atoms with Gasteiger partial charge in [0.15, 0.2) is 0 Å². The summed E-state index contributed by atoms with van der Waals surface area (Å²) in [6.07, 6.45) is 2.53. The summed E-state index contributed by atoms with van der Waals surface area (Å²) < 4.78 is 31.1. The lowest BCUT2D eigenvalue weighted by Crippen LogP contribution is -2.29. The van der Waals surface area contributed by atoms with E-state index in [1.54, 1.807) is 35.6 Å². The van der Waals surface area contributed by atoms with E-state index in [1.165, 1.54) is 36.1 Å². The largest absolute Gasteiger partial charge is 0.492 e. The van der Waals surface area contributed by atoms with Crippen LogP contribution in [0, 0.1) is 0 Å². The highest BCUT2D eigenvalue weighted by Crippen LogP contribution is 2.29. The molecule has 0 radical (unpaired) electrons. The summed E-state index contributed by atoms with van der Waals surface area (Å²) in [7, 11) is -0.334. The summed E-state index contributed by atoms with van der Waals surface area (Å²) in [6, 6.07) is 11.6. The van der Waals surface area contributed by atoms with Crippen molar-refractivity contribution in [3.63, 3.8) is 0 Å². The van der Waals surface area contributed by atoms with Gasteiger partial charge in [0.1, 0.15) is 12.4 Å². The minimum Gasteiger partial charge on any atom is -0.492 e. The van der Waals surface area contributed by atoms with Crippen molar-refractivity contribution >= 4 is 21.4 Å². The topological polar surface area (TPSA) is 49.9 Å². The summed E-state index contributed by atoms with van der Waals surface area (Å²) in [6.45, 7) is 2.45. The van der Waals surface area contributed by atoms with Crippen LogP contribution in [0.15, 0.2) is 46.7 Å². The number of benzene rings is 1. The van der Waals surface area contributed by atoms with Crippen molar-refractivity contribution in [3.8, 4) is 5.75 Å². The Labute approximate surface area is 153 Å². The first kappa shape index (κ1) is 18.4. The molecule has 1 heterocycles. The molecule has 0 spiro atoms. The Balaban J connectivity index is 1.52. The molecule has 0 unspecified atom stereocenters. The summed E-state index contributed by atoms with van der Waals surface area (Å²) in [5.41, 5.74) is 0. The fourth-order valence-corrected chi connectivity index (χ4v) is 4.26. The minimum atomic E-state index is -3.39. The number of hydrogen-bond acceptors (Lipinski definition) is 5. The Kier molecular flexibility index (Phi) is 5.78. The average molecular weight is 381 g/mol. The van der Waals surface area contributed by atoms with Gasteiger partial charge in [-0.15, -0.1) is 11.3 Å². The van der Waals surface area contributed by atoms with E-state index in [-0.39, 0.29) is 4.90 Å². The SMILES string of the molecule is CN(C)S(=O)(=O)c1ccc(OCCN(Cc2cccs2)C2CC2)cc1. The quantitative estimate of drug-likeness (QED) is 0.671. The molecule has 25 heavy (non-hydrogen) atoms. The molecule has 136 valence electrons. The number of rotatable bonds is 9. The van der Waals surface area contributed by atoms with E-state index < -0.39 is 10.0 Å². The molecule has 1 aromatic heterocycles. The number of nitrogens with zero attached hydrogens (tertiary/aromatic N) is 2. The molecule has 5 nitrogen and oxygen atoms in total. The molecule has 2 aromatic rings. The molecule has 0 saturated heterocycles. The zero-order chi connectivity index (χ0) is 17.9. The third-order valence-corrected chi connectivity index (χ3v) is 6.94. The van der Waals surface area contributed by atoms with Crippen LogP contribution in [0.5, 0.6) is 5.75 Å². The smallest absolute Gasteiger partial charge is 0.242 e. The number of sulfonamides is 1. The molecule has 0 N–H and O–H groups in total. The van der Waals surface area contributed by atoms with E-state index in [0.717, 1.165) is 13.1 Å². The highest BCUT2D eigenvalue weighted by atomic mass is 32.2. The van der Waals surface area contributed by atoms with Gasteiger partial charge in [-0.05, 0) is 48.6 Å². The van der Waals surface area contributed by atoms with Gasteiger partial charge < -0.3 is 4.74 Å². The van der Waals surface area contributed by atoms with Crippen LogP contribution in [0.4, 0.5) is 0 Å². The maximum Gasteiger partial charge on any atom is 0.242 e. The Bertz CT molecular complexity index is 767. The standard InChI is InChI=1S/C18H24N2O3S2/c1-19(2)25(21,22)18-9-7-16(8-10-18)23-12-11-20(15-5-6-15)14-17-4-3-13-24-17/h3-4,7-10,13,15H,5-6,11-12,14H2,1-2H3. The molecule has 0 aliphatic heterocycles. The number of hydrogen-bond donors (Lipinski definition) is 0. The number of thiophene rings is 1. The average Bonchev–Trinajstić information content (AvgIpc) is 3.31. The zero-order valence-electron chi connectivity index (χ0n) is 14.6. The molecule has 1 aliphatic carbocycles. The Hall–Kier alpha value is -1.41. The fraction of sp³-hybridized carbons (Fsp3) is 0.444. The van der Waals surface area contributed by atoms with Crippen molar-refractivity contribution < 1.29 is 13.2 Å². The van der Waals surface area contributed by atoms with Crippen LogP contribution >= 0.6 is 11.3 Å². The van der Waals surface area contributed by atoms with E-state index in [9.17, 15) is 8.42 Å². The van der Waals surface area contributed by atoms with E-state index in [0.29, 0.717) is 18.4 Å². The van der Waals surface area contributed by atoms with Crippen LogP contribution in [0.25, 0.3) is 0 Å². The van der Waals surface area contributed by atoms with Crippen LogP contribution in [-0.4, -0.2) is 50.9 Å². The summed E-state index contributed by atoms with van der Waals surface area (Å²) in [5, 5.41) is 2.11. The Morgan fingerprint density at radius 3 is 2.44 bits per heavy atom. The molecule has 0 atom stereocenters. The van der Waals surface area contributed by atoms with Crippen LogP contribution in [0.2, 0.25) is 0 Å². The van der Waals surface area contributed by atoms with Crippen molar-refractivity contribution in [2.75, 3.05) is 27.2 Å². The van der Waals surface area contributed by atoms with E-state index >= 15 is 0 Å². The minimum absolute atomic E-state index is 0.280. The molecular formula is C18H24N2O3S2. The molecule has 1 fully saturated rings. The lowest BCUT2D eigenvalue weighted by atomic mass is 10.3. The molecule has 0 amide bonds. The first-order valence-electron chi connectivity index (χ1n) is 8.38. The van der Waals surface area contributed by atoms with Crippen molar-refractivity contribution in [1.29, 1.82) is 0 Å². The first-order valence-corrected chi connectivity index (χ1v) is 10.7. The first-order chi connectivity index (χ1) is 12.0. The van der Waals surface area contributed by atoms with Crippen molar-refractivity contribution in [2.45, 2.75) is 30.3 Å². The van der Waals surface area contributed by atoms with Gasteiger partial charge >= 0.3 is 0 Å². The molecule has 1 aliphatic rings. The van der Waals surface area contributed by atoms with Crippen LogP contribution in [0.3, 0.4) is 0 Å². The summed E-state index contributed by atoms with van der Waals surface area (Å²) in [4.78, 5) is 4.13. The zero-order valence-corrected chi connectivity index (χ0v) is 16.2. The summed E-state index contributed by atoms with van der Waals surface area (Å²) >= 11 is 1.79. The van der Waals surface area contributed by atoms with Gasteiger partial charge in [0.2, 0.25) is 10.0 Å². The third-order valence-electron chi connectivity index (χ3n) is 4.25. The molecule has 1 saturated carbocycles. The van der Waals surface area contributed by atoms with Crippen LogP contribution < -0.4 is 4.74 Å². The second-order valence-electron chi connectivity index (χ2n) is 6.39. The van der Waals surface area contributed by atoms with Crippen molar-refractivity contribution in [2.24, 2.45) is 0 Å². The monoisotopic (exact) mass is 380 g/mol. The summed E-state index contributed by atoms with van der Waals surface area (Å²) in [5.74, 6) is 0.699. The van der Waals surface area contributed by atoms with Gasteiger partial charge in [0.25, 0.3) is 0 Å². The maximum atomic E-state index is 12.1.